The zero-order valence-corrected chi connectivity index (χ0v) is 18.9. The van der Waals surface area contributed by atoms with E-state index in [4.69, 9.17) is 14.9 Å². The van der Waals surface area contributed by atoms with Crippen molar-refractivity contribution in [1.82, 2.24) is 4.57 Å². The normalized spacial score (nSPS) is 17.2. The smallest absolute Gasteiger partial charge is 0.328 e. The van der Waals surface area contributed by atoms with Crippen molar-refractivity contribution < 1.29 is 24.5 Å². The maximum atomic E-state index is 9.55. The average molecular weight is 451 g/mol. The fourth-order valence-corrected chi connectivity index (χ4v) is 4.91. The van der Waals surface area contributed by atoms with Crippen LogP contribution in [0.2, 0.25) is 0 Å². The quantitative estimate of drug-likeness (QED) is 0.668. The van der Waals surface area contributed by atoms with Crippen molar-refractivity contribution in [3.05, 3.63) is 53.2 Å². The highest BCUT2D eigenvalue weighted by molar-refractivity contribution is 5.99. The number of carbonyl (C=O) groups is 2. The summed E-state index contributed by atoms with van der Waals surface area (Å²) in [4.78, 5) is 23.7. The molecule has 1 aliphatic heterocycles. The summed E-state index contributed by atoms with van der Waals surface area (Å²) in [7, 11) is 0. The fraction of sp³-hybridized carbons (Fsp3) is 0.423. The number of aryl methyl sites for hydroxylation is 2. The largest absolute Gasteiger partial charge is 0.490 e. The molecule has 2 N–H and O–H groups in total. The third-order valence-corrected chi connectivity index (χ3v) is 6.44. The molecule has 1 saturated carbocycles. The zero-order chi connectivity index (χ0) is 23.4. The maximum absolute atomic E-state index is 9.55. The molecule has 5 rings (SSSR count). The highest BCUT2D eigenvalue weighted by Gasteiger charge is 2.25. The van der Waals surface area contributed by atoms with Gasteiger partial charge in [-0.25, -0.2) is 9.59 Å². The first kappa shape index (κ1) is 22.8. The lowest BCUT2D eigenvalue weighted by Gasteiger charge is -2.25. The van der Waals surface area contributed by atoms with Gasteiger partial charge in [-0.3, -0.25) is 4.99 Å². The van der Waals surface area contributed by atoms with E-state index in [0.29, 0.717) is 18.3 Å². The van der Waals surface area contributed by atoms with Gasteiger partial charge in [0, 0.05) is 24.3 Å². The number of carboxylic acid groups (broad SMARTS) is 2. The Morgan fingerprint density at radius 1 is 1.03 bits per heavy atom. The number of aliphatic imine (C=N–C) groups is 1. The second-order valence-electron chi connectivity index (χ2n) is 8.73. The molecule has 2 aromatic rings. The van der Waals surface area contributed by atoms with Gasteiger partial charge in [-0.15, -0.1) is 0 Å². The summed E-state index contributed by atoms with van der Waals surface area (Å²) in [5, 5.41) is 15.6. The minimum Gasteiger partial charge on any atom is -0.490 e. The van der Waals surface area contributed by atoms with Gasteiger partial charge in [0.25, 0.3) is 0 Å². The predicted octanol–water partition coefficient (Wildman–Crippen LogP) is 4.50. The highest BCUT2D eigenvalue weighted by Crippen LogP contribution is 2.38. The lowest BCUT2D eigenvalue weighted by molar-refractivity contribution is -0.134. The van der Waals surface area contributed by atoms with Crippen molar-refractivity contribution in [1.29, 1.82) is 0 Å². The number of benzene rings is 1. The molecule has 7 heteroatoms. The van der Waals surface area contributed by atoms with Gasteiger partial charge in [0.05, 0.1) is 29.7 Å². The first-order chi connectivity index (χ1) is 15.9. The number of hydrogen-bond donors (Lipinski definition) is 2. The lowest BCUT2D eigenvalue weighted by Crippen LogP contribution is -2.20. The molecule has 2 heterocycles. The molecule has 1 aromatic carbocycles. The Hall–Kier alpha value is -3.35. The Morgan fingerprint density at radius 2 is 1.73 bits per heavy atom. The third-order valence-electron chi connectivity index (χ3n) is 6.44. The van der Waals surface area contributed by atoms with Crippen molar-refractivity contribution in [3.8, 4) is 17.0 Å². The van der Waals surface area contributed by atoms with Gasteiger partial charge >= 0.3 is 11.9 Å². The number of rotatable bonds is 4. The summed E-state index contributed by atoms with van der Waals surface area (Å²) >= 11 is 0. The molecule has 1 aromatic heterocycles. The van der Waals surface area contributed by atoms with Gasteiger partial charge in [-0.2, -0.15) is 0 Å². The Bertz CT molecular complexity index is 1090. The Kier molecular flexibility index (Phi) is 6.96. The summed E-state index contributed by atoms with van der Waals surface area (Å²) in [6.45, 7) is 4.04. The molecule has 33 heavy (non-hydrogen) atoms. The van der Waals surface area contributed by atoms with Crippen LogP contribution in [0.15, 0.2) is 41.4 Å². The van der Waals surface area contributed by atoms with Gasteiger partial charge in [0.15, 0.2) is 0 Å². The highest BCUT2D eigenvalue weighted by atomic mass is 16.5. The van der Waals surface area contributed by atoms with Crippen LogP contribution in [-0.4, -0.2) is 45.1 Å². The second-order valence-corrected chi connectivity index (χ2v) is 8.73. The van der Waals surface area contributed by atoms with Gasteiger partial charge in [-0.1, -0.05) is 6.42 Å². The predicted molar refractivity (Wildman–Crippen MR) is 126 cm³/mol. The van der Waals surface area contributed by atoms with Crippen molar-refractivity contribution >= 4 is 17.7 Å². The van der Waals surface area contributed by atoms with Gasteiger partial charge in [0.2, 0.25) is 0 Å². The molecule has 174 valence electrons. The minimum absolute atomic E-state index is 0.422. The number of carboxylic acids is 2. The third kappa shape index (κ3) is 5.35. The molecule has 2 aliphatic carbocycles. The van der Waals surface area contributed by atoms with Crippen molar-refractivity contribution in [3.63, 3.8) is 0 Å². The van der Waals surface area contributed by atoms with Crippen LogP contribution < -0.4 is 4.74 Å². The molecule has 7 nitrogen and oxygen atoms in total. The zero-order valence-electron chi connectivity index (χ0n) is 18.9. The van der Waals surface area contributed by atoms with Crippen molar-refractivity contribution in [2.24, 2.45) is 4.99 Å². The van der Waals surface area contributed by atoms with E-state index in [9.17, 15) is 9.59 Å². The van der Waals surface area contributed by atoms with Gasteiger partial charge in [-0.05, 0) is 80.8 Å². The van der Waals surface area contributed by atoms with E-state index < -0.39 is 11.9 Å². The summed E-state index contributed by atoms with van der Waals surface area (Å²) in [5.41, 5.74) is 8.25. The van der Waals surface area contributed by atoms with Crippen LogP contribution in [0.1, 0.15) is 55.8 Å². The molecule has 1 fully saturated rings. The first-order valence-electron chi connectivity index (χ1n) is 11.6. The Balaban J connectivity index is 0.000000281. The molecule has 3 aliphatic rings. The van der Waals surface area contributed by atoms with Crippen LogP contribution in [0.5, 0.6) is 5.75 Å². The van der Waals surface area contributed by atoms with Crippen LogP contribution in [0, 0.1) is 0 Å². The number of aliphatic carboxylic acids is 2. The molecule has 0 bridgehead atoms. The first-order valence-corrected chi connectivity index (χ1v) is 11.6. The molecule has 0 amide bonds. The van der Waals surface area contributed by atoms with E-state index >= 15 is 0 Å². The monoisotopic (exact) mass is 450 g/mol. The number of hydrogen-bond acceptors (Lipinski definition) is 4. The molecule has 0 unspecified atom stereocenters. The fourth-order valence-electron chi connectivity index (χ4n) is 4.91. The van der Waals surface area contributed by atoms with E-state index in [2.05, 4.69) is 40.7 Å². The Labute approximate surface area is 193 Å². The summed E-state index contributed by atoms with van der Waals surface area (Å²) in [5.74, 6) is -1.45. The van der Waals surface area contributed by atoms with E-state index in [0.717, 1.165) is 31.7 Å². The van der Waals surface area contributed by atoms with Crippen LogP contribution in [0.4, 0.5) is 0 Å². The topological polar surface area (TPSA) is 101 Å². The number of fused-ring (bicyclic) bond motifs is 5. The van der Waals surface area contributed by atoms with Crippen molar-refractivity contribution in [2.45, 2.75) is 64.5 Å². The van der Waals surface area contributed by atoms with E-state index in [1.807, 2.05) is 0 Å². The molecule has 0 saturated heterocycles. The summed E-state index contributed by atoms with van der Waals surface area (Å²) < 4.78 is 8.78. The van der Waals surface area contributed by atoms with E-state index in [1.165, 1.54) is 65.9 Å². The van der Waals surface area contributed by atoms with E-state index in [-0.39, 0.29) is 0 Å². The number of ether oxygens (including phenoxy) is 1. The number of aromatic nitrogens is 1. The second kappa shape index (κ2) is 10.1. The summed E-state index contributed by atoms with van der Waals surface area (Å²) in [6.07, 6.45) is 10.2. The number of nitrogens with zero attached hydrogens (tertiary/aromatic N) is 2. The maximum Gasteiger partial charge on any atom is 0.328 e. The van der Waals surface area contributed by atoms with Crippen LogP contribution in [0.3, 0.4) is 0 Å². The van der Waals surface area contributed by atoms with Crippen LogP contribution in [-0.2, 0) is 29.0 Å². The lowest BCUT2D eigenvalue weighted by atomic mass is 9.90. The standard InChI is InChI=1S/C22H26N2O.C4H4O4/c1-15-21-14-17-8-7-16-13-19(25-18-5-3-2-4-6-18)9-10-20(16)22(17)24(21)12-11-23-15;5-3(6)1-2-4(7)8/h9-10,13-14,18H,2-8,11-12H2,1H3;1-2H,(H,5,6)(H,7,8)/b;2-1+. The minimum atomic E-state index is -1.26. The molecule has 0 spiro atoms. The molecular formula is C26H30N2O5. The van der Waals surface area contributed by atoms with Gasteiger partial charge < -0.3 is 19.5 Å². The molecule has 0 radical (unpaired) electrons. The van der Waals surface area contributed by atoms with Crippen LogP contribution >= 0.6 is 0 Å². The SMILES string of the molecule is CC1=NCCn2c1cc1c2-c2ccc(OC3CCCCC3)cc2CC1.O=C(O)/C=C/C(=O)O. The summed E-state index contributed by atoms with van der Waals surface area (Å²) in [6, 6.07) is 9.14. The van der Waals surface area contributed by atoms with E-state index in [1.54, 1.807) is 0 Å². The Morgan fingerprint density at radius 3 is 2.42 bits per heavy atom. The van der Waals surface area contributed by atoms with Crippen LogP contribution in [0.25, 0.3) is 11.3 Å². The average Bonchev–Trinajstić information content (AvgIpc) is 3.19. The van der Waals surface area contributed by atoms with Gasteiger partial charge in [0.1, 0.15) is 5.75 Å². The van der Waals surface area contributed by atoms with Crippen molar-refractivity contribution in [2.75, 3.05) is 6.54 Å². The molecule has 0 atom stereocenters. The molecular weight excluding hydrogens is 420 g/mol.